The van der Waals surface area contributed by atoms with Crippen LogP contribution in [0.4, 0.5) is 5.69 Å². The Balaban J connectivity index is 1.64. The molecule has 6 nitrogen and oxygen atoms in total. The van der Waals surface area contributed by atoms with Crippen molar-refractivity contribution in [2.45, 2.75) is 46.2 Å². The molecule has 3 rings (SSSR count). The van der Waals surface area contributed by atoms with Gasteiger partial charge < -0.3 is 4.90 Å². The number of aromatic nitrogens is 4. The molecule has 0 bridgehead atoms. The van der Waals surface area contributed by atoms with E-state index in [2.05, 4.69) is 76.4 Å². The first-order valence-electron chi connectivity index (χ1n) is 9.49. The summed E-state index contributed by atoms with van der Waals surface area (Å²) in [6, 6.07) is 11.0. The number of rotatable bonds is 7. The minimum Gasteiger partial charge on any atom is -0.369 e. The standard InChI is InChI=1S/C19H30N6/c1-4-18(19-20-21-22-25(19)11-10-16(2)3)24-14-12-23(13-15-24)17-8-6-5-7-9-17/h5-9,16,18H,4,10-15H2,1-3H3. The number of hydrogen-bond donors (Lipinski definition) is 0. The molecule has 1 fully saturated rings. The lowest BCUT2D eigenvalue weighted by Gasteiger charge is -2.39. The largest absolute Gasteiger partial charge is 0.369 e. The van der Waals surface area contributed by atoms with E-state index in [9.17, 15) is 0 Å². The lowest BCUT2D eigenvalue weighted by atomic mass is 10.1. The van der Waals surface area contributed by atoms with Crippen molar-refractivity contribution in [1.82, 2.24) is 25.1 Å². The van der Waals surface area contributed by atoms with Gasteiger partial charge in [-0.15, -0.1) is 5.10 Å². The van der Waals surface area contributed by atoms with Gasteiger partial charge in [0, 0.05) is 38.4 Å². The van der Waals surface area contributed by atoms with Crippen molar-refractivity contribution in [1.29, 1.82) is 0 Å². The summed E-state index contributed by atoms with van der Waals surface area (Å²) < 4.78 is 2.01. The molecule has 0 amide bonds. The van der Waals surface area contributed by atoms with Gasteiger partial charge in [-0.25, -0.2) is 4.68 Å². The molecule has 1 unspecified atom stereocenters. The summed E-state index contributed by atoms with van der Waals surface area (Å²) in [5.74, 6) is 1.68. The number of nitrogens with zero attached hydrogens (tertiary/aromatic N) is 6. The van der Waals surface area contributed by atoms with Crippen molar-refractivity contribution in [2.75, 3.05) is 31.1 Å². The van der Waals surface area contributed by atoms with Crippen LogP contribution >= 0.6 is 0 Å². The smallest absolute Gasteiger partial charge is 0.168 e. The molecule has 1 aromatic heterocycles. The summed E-state index contributed by atoms with van der Waals surface area (Å²) in [6.07, 6.45) is 2.14. The van der Waals surface area contributed by atoms with Crippen LogP contribution in [0, 0.1) is 5.92 Å². The van der Waals surface area contributed by atoms with E-state index in [4.69, 9.17) is 0 Å². The fourth-order valence-electron chi connectivity index (χ4n) is 3.52. The number of aryl methyl sites for hydroxylation is 1. The highest BCUT2D eigenvalue weighted by Gasteiger charge is 2.27. The van der Waals surface area contributed by atoms with Crippen LogP contribution in [0.2, 0.25) is 0 Å². The van der Waals surface area contributed by atoms with E-state index in [1.807, 2.05) is 4.68 Å². The van der Waals surface area contributed by atoms with Crippen LogP contribution in [-0.2, 0) is 6.54 Å². The fraction of sp³-hybridized carbons (Fsp3) is 0.632. The summed E-state index contributed by atoms with van der Waals surface area (Å²) in [5, 5.41) is 12.5. The van der Waals surface area contributed by atoms with Gasteiger partial charge >= 0.3 is 0 Å². The minimum atomic E-state index is 0.306. The molecule has 136 valence electrons. The molecule has 1 atom stereocenters. The summed E-state index contributed by atoms with van der Waals surface area (Å²) in [6.45, 7) is 11.8. The van der Waals surface area contributed by atoms with E-state index in [1.54, 1.807) is 0 Å². The third-order valence-electron chi connectivity index (χ3n) is 5.04. The molecular formula is C19H30N6. The second-order valence-electron chi connectivity index (χ2n) is 7.23. The van der Waals surface area contributed by atoms with Crippen molar-refractivity contribution in [3.8, 4) is 0 Å². The predicted molar refractivity (Wildman–Crippen MR) is 101 cm³/mol. The Morgan fingerprint density at radius 2 is 1.76 bits per heavy atom. The predicted octanol–water partition coefficient (Wildman–Crippen LogP) is 2.99. The Kier molecular flexibility index (Phi) is 6.02. The summed E-state index contributed by atoms with van der Waals surface area (Å²) in [5.41, 5.74) is 1.32. The van der Waals surface area contributed by atoms with Crippen molar-refractivity contribution in [3.05, 3.63) is 36.2 Å². The van der Waals surface area contributed by atoms with Gasteiger partial charge in [0.15, 0.2) is 5.82 Å². The average Bonchev–Trinajstić information content (AvgIpc) is 3.10. The topological polar surface area (TPSA) is 50.1 Å². The number of benzene rings is 1. The molecule has 6 heteroatoms. The van der Waals surface area contributed by atoms with Gasteiger partial charge in [0.2, 0.25) is 0 Å². The molecule has 0 spiro atoms. The quantitative estimate of drug-likeness (QED) is 0.774. The van der Waals surface area contributed by atoms with Gasteiger partial charge in [-0.1, -0.05) is 39.0 Å². The molecule has 1 aromatic carbocycles. The maximum absolute atomic E-state index is 4.36. The summed E-state index contributed by atoms with van der Waals surface area (Å²) in [7, 11) is 0. The molecule has 0 N–H and O–H groups in total. The highest BCUT2D eigenvalue weighted by Crippen LogP contribution is 2.25. The number of tetrazole rings is 1. The van der Waals surface area contributed by atoms with Crippen molar-refractivity contribution >= 4 is 5.69 Å². The van der Waals surface area contributed by atoms with Crippen LogP contribution in [-0.4, -0.2) is 51.3 Å². The van der Waals surface area contributed by atoms with Crippen LogP contribution in [0.25, 0.3) is 0 Å². The van der Waals surface area contributed by atoms with Crippen LogP contribution < -0.4 is 4.90 Å². The van der Waals surface area contributed by atoms with Crippen molar-refractivity contribution in [3.63, 3.8) is 0 Å². The molecule has 0 saturated carbocycles. The summed E-state index contributed by atoms with van der Waals surface area (Å²) in [4.78, 5) is 5.00. The normalized spacial score (nSPS) is 17.2. The maximum Gasteiger partial charge on any atom is 0.168 e. The monoisotopic (exact) mass is 342 g/mol. The van der Waals surface area contributed by atoms with Crippen molar-refractivity contribution in [2.24, 2.45) is 5.92 Å². The molecule has 0 radical (unpaired) electrons. The van der Waals surface area contributed by atoms with Gasteiger partial charge in [0.1, 0.15) is 0 Å². The van der Waals surface area contributed by atoms with Crippen LogP contribution in [0.15, 0.2) is 30.3 Å². The van der Waals surface area contributed by atoms with Crippen LogP contribution in [0.3, 0.4) is 0 Å². The van der Waals surface area contributed by atoms with E-state index in [0.717, 1.165) is 51.4 Å². The van der Waals surface area contributed by atoms with E-state index >= 15 is 0 Å². The van der Waals surface area contributed by atoms with E-state index in [-0.39, 0.29) is 0 Å². The van der Waals surface area contributed by atoms with E-state index < -0.39 is 0 Å². The lowest BCUT2D eigenvalue weighted by molar-refractivity contribution is 0.168. The Bertz CT molecular complexity index is 630. The second kappa shape index (κ2) is 8.43. The second-order valence-corrected chi connectivity index (χ2v) is 7.23. The van der Waals surface area contributed by atoms with Crippen LogP contribution in [0.5, 0.6) is 0 Å². The molecule has 1 aliphatic heterocycles. The molecule has 2 aromatic rings. The molecule has 25 heavy (non-hydrogen) atoms. The highest BCUT2D eigenvalue weighted by molar-refractivity contribution is 5.46. The zero-order chi connectivity index (χ0) is 17.6. The number of piperazine rings is 1. The fourth-order valence-corrected chi connectivity index (χ4v) is 3.52. The van der Waals surface area contributed by atoms with Gasteiger partial charge in [-0.05, 0) is 41.3 Å². The van der Waals surface area contributed by atoms with Crippen LogP contribution in [0.1, 0.15) is 45.5 Å². The highest BCUT2D eigenvalue weighted by atomic mass is 15.5. The molecule has 1 aliphatic rings. The van der Waals surface area contributed by atoms with E-state index in [0.29, 0.717) is 12.0 Å². The average molecular weight is 342 g/mol. The first-order chi connectivity index (χ1) is 12.2. The Morgan fingerprint density at radius 3 is 2.40 bits per heavy atom. The molecular weight excluding hydrogens is 312 g/mol. The molecule has 2 heterocycles. The molecule has 0 aliphatic carbocycles. The van der Waals surface area contributed by atoms with Gasteiger partial charge in [-0.2, -0.15) is 0 Å². The van der Waals surface area contributed by atoms with Gasteiger partial charge in [0.25, 0.3) is 0 Å². The van der Waals surface area contributed by atoms with E-state index in [1.165, 1.54) is 5.69 Å². The SMILES string of the molecule is CCC(c1nnnn1CCC(C)C)N1CCN(c2ccccc2)CC1. The zero-order valence-electron chi connectivity index (χ0n) is 15.7. The lowest BCUT2D eigenvalue weighted by Crippen LogP contribution is -2.48. The summed E-state index contributed by atoms with van der Waals surface area (Å²) >= 11 is 0. The third-order valence-corrected chi connectivity index (χ3v) is 5.04. The third kappa shape index (κ3) is 4.37. The van der Waals surface area contributed by atoms with Gasteiger partial charge in [-0.3, -0.25) is 4.90 Å². The zero-order valence-corrected chi connectivity index (χ0v) is 15.7. The van der Waals surface area contributed by atoms with Crippen molar-refractivity contribution < 1.29 is 0 Å². The Labute approximate surface area is 150 Å². The maximum atomic E-state index is 4.36. The number of hydrogen-bond acceptors (Lipinski definition) is 5. The first kappa shape index (κ1) is 17.9. The minimum absolute atomic E-state index is 0.306. The molecule has 1 saturated heterocycles. The first-order valence-corrected chi connectivity index (χ1v) is 9.49. The van der Waals surface area contributed by atoms with Gasteiger partial charge in [0.05, 0.1) is 6.04 Å². The Hall–Kier alpha value is -1.95. The number of anilines is 1. The number of para-hydroxylation sites is 1. The Morgan fingerprint density at radius 1 is 1.04 bits per heavy atom.